The van der Waals surface area contributed by atoms with Gasteiger partial charge in [-0.1, -0.05) is 48.5 Å². The average Bonchev–Trinajstić information content (AvgIpc) is 3.49. The topological polar surface area (TPSA) is 88.8 Å². The Morgan fingerprint density at radius 3 is 2.42 bits per heavy atom. The van der Waals surface area contributed by atoms with Crippen LogP contribution in [-0.4, -0.2) is 61.0 Å². The molecule has 5 rings (SSSR count). The summed E-state index contributed by atoms with van der Waals surface area (Å²) in [6.45, 7) is 0. The van der Waals surface area contributed by atoms with Gasteiger partial charge in [0.2, 0.25) is 0 Å². The molecule has 0 saturated carbocycles. The van der Waals surface area contributed by atoms with E-state index in [-0.39, 0.29) is 24.7 Å². The van der Waals surface area contributed by atoms with Crippen LogP contribution in [0.4, 0.5) is 4.39 Å². The Kier molecular flexibility index (Phi) is 10.9. The first-order valence-corrected chi connectivity index (χ1v) is 14.8. The number of thioether (sulfide) groups is 1. The minimum atomic E-state index is -1.07. The van der Waals surface area contributed by atoms with Crippen molar-refractivity contribution in [2.45, 2.75) is 18.6 Å². The number of carboxylic acid groups (broad SMARTS) is 1. The number of furan rings is 1. The maximum absolute atomic E-state index is 13.6. The van der Waals surface area contributed by atoms with Gasteiger partial charge in [-0.2, -0.15) is 11.8 Å². The summed E-state index contributed by atoms with van der Waals surface area (Å²) in [5, 5.41) is 14.4. The molecule has 9 heteroatoms. The van der Waals surface area contributed by atoms with E-state index in [9.17, 15) is 19.1 Å². The Morgan fingerprint density at radius 1 is 0.953 bits per heavy atom. The zero-order valence-electron chi connectivity index (χ0n) is 23.2. The van der Waals surface area contributed by atoms with E-state index in [1.807, 2.05) is 66.9 Å². The molecule has 1 heterocycles. The van der Waals surface area contributed by atoms with Gasteiger partial charge in [-0.05, 0) is 94.4 Å². The van der Waals surface area contributed by atoms with Crippen LogP contribution in [0, 0.1) is 5.82 Å². The number of nitrogens with one attached hydrogen (secondary N) is 1. The van der Waals surface area contributed by atoms with Crippen LogP contribution in [0.1, 0.15) is 34.2 Å². The maximum atomic E-state index is 13.6. The van der Waals surface area contributed by atoms with Crippen molar-refractivity contribution in [3.05, 3.63) is 120 Å². The Morgan fingerprint density at radius 2 is 1.70 bits per heavy atom. The van der Waals surface area contributed by atoms with Crippen LogP contribution in [0.2, 0.25) is 0 Å². The molecule has 2 atom stereocenters. The number of carboxylic acids is 1. The number of rotatable bonds is 11. The van der Waals surface area contributed by atoms with E-state index in [4.69, 9.17) is 9.15 Å². The zero-order chi connectivity index (χ0) is 29.6. The van der Waals surface area contributed by atoms with Gasteiger partial charge in [0.25, 0.3) is 5.91 Å². The first kappa shape index (κ1) is 32.1. The van der Waals surface area contributed by atoms with Crippen LogP contribution in [-0.2, 0) is 9.53 Å². The van der Waals surface area contributed by atoms with E-state index in [1.165, 1.54) is 23.9 Å². The SMILES string of the molecule is COC(c1ccc(C(=O)NC(CCSC)C(=O)O)c(-c2cccc3ccccc23)c1)c1ccc(-c2ccc(F)cc2)o1.[LiH]. The van der Waals surface area contributed by atoms with Gasteiger partial charge in [-0.25, -0.2) is 9.18 Å². The molecule has 0 aliphatic heterocycles. The fourth-order valence-corrected chi connectivity index (χ4v) is 5.49. The normalized spacial score (nSPS) is 12.3. The molecule has 6 nitrogen and oxygen atoms in total. The molecule has 2 unspecified atom stereocenters. The first-order valence-electron chi connectivity index (χ1n) is 13.4. The second-order valence-electron chi connectivity index (χ2n) is 9.80. The molecule has 43 heavy (non-hydrogen) atoms. The molecule has 0 aliphatic carbocycles. The van der Waals surface area contributed by atoms with Crippen molar-refractivity contribution in [3.63, 3.8) is 0 Å². The van der Waals surface area contributed by atoms with Crippen LogP contribution in [0.25, 0.3) is 33.2 Å². The summed E-state index contributed by atoms with van der Waals surface area (Å²) in [7, 11) is 1.58. The van der Waals surface area contributed by atoms with Crippen molar-refractivity contribution in [3.8, 4) is 22.5 Å². The zero-order valence-corrected chi connectivity index (χ0v) is 24.0. The third-order valence-corrected chi connectivity index (χ3v) is 7.78. The molecular weight excluding hydrogens is 560 g/mol. The van der Waals surface area contributed by atoms with E-state index in [0.717, 1.165) is 27.5 Å². The van der Waals surface area contributed by atoms with Gasteiger partial charge < -0.3 is 19.6 Å². The van der Waals surface area contributed by atoms with Crippen LogP contribution >= 0.6 is 11.8 Å². The molecule has 0 spiro atoms. The number of hydrogen-bond acceptors (Lipinski definition) is 5. The number of halogens is 1. The van der Waals surface area contributed by atoms with E-state index in [2.05, 4.69) is 5.32 Å². The van der Waals surface area contributed by atoms with Crippen LogP contribution in [0.15, 0.2) is 101 Å². The number of methoxy groups -OCH3 is 1. The molecule has 216 valence electrons. The van der Waals surface area contributed by atoms with Gasteiger partial charge in [0.15, 0.2) is 0 Å². The van der Waals surface area contributed by atoms with Gasteiger partial charge in [0.05, 0.1) is 0 Å². The summed E-state index contributed by atoms with van der Waals surface area (Å²) >= 11 is 1.52. The van der Waals surface area contributed by atoms with Gasteiger partial charge in [-0.15, -0.1) is 0 Å². The quantitative estimate of drug-likeness (QED) is 0.162. The Balaban J connectivity index is 0.00000423. The number of carbonyl (C=O) groups is 2. The monoisotopic (exact) mass is 591 g/mol. The molecular formula is C34H31FLiNO5S. The van der Waals surface area contributed by atoms with Crippen molar-refractivity contribution >= 4 is 53.3 Å². The van der Waals surface area contributed by atoms with Gasteiger partial charge in [0, 0.05) is 18.2 Å². The van der Waals surface area contributed by atoms with E-state index >= 15 is 0 Å². The summed E-state index contributed by atoms with van der Waals surface area (Å²) in [5.41, 5.74) is 3.30. The predicted octanol–water partition coefficient (Wildman–Crippen LogP) is 6.93. The number of hydrogen-bond donors (Lipinski definition) is 2. The Labute approximate surface area is 265 Å². The summed E-state index contributed by atoms with van der Waals surface area (Å²) < 4.78 is 25.4. The van der Waals surface area contributed by atoms with Crippen LogP contribution in [0.3, 0.4) is 0 Å². The van der Waals surface area contributed by atoms with E-state index in [1.54, 1.807) is 31.4 Å². The van der Waals surface area contributed by atoms with Crippen molar-refractivity contribution in [2.24, 2.45) is 0 Å². The second kappa shape index (κ2) is 14.6. The molecule has 0 saturated heterocycles. The molecule has 4 aromatic carbocycles. The number of aliphatic carboxylic acids is 1. The second-order valence-corrected chi connectivity index (χ2v) is 10.8. The summed E-state index contributed by atoms with van der Waals surface area (Å²) in [6.07, 6.45) is 1.61. The average molecular weight is 592 g/mol. The number of fused-ring (bicyclic) bond motifs is 1. The van der Waals surface area contributed by atoms with E-state index < -0.39 is 24.0 Å². The Hall–Kier alpha value is -3.80. The van der Waals surface area contributed by atoms with Crippen molar-refractivity contribution < 1.29 is 28.2 Å². The minimum absolute atomic E-state index is 0. The molecule has 1 amide bonds. The number of amides is 1. The van der Waals surface area contributed by atoms with Crippen LogP contribution in [0.5, 0.6) is 0 Å². The fraction of sp³-hybridized carbons (Fsp3) is 0.176. The number of benzene rings is 4. The van der Waals surface area contributed by atoms with Crippen molar-refractivity contribution in [1.29, 1.82) is 0 Å². The van der Waals surface area contributed by atoms with E-state index in [0.29, 0.717) is 34.8 Å². The molecule has 0 bridgehead atoms. The van der Waals surface area contributed by atoms with Gasteiger partial charge in [0.1, 0.15) is 29.5 Å². The summed E-state index contributed by atoms with van der Waals surface area (Å²) in [5.74, 6) is -0.156. The summed E-state index contributed by atoms with van der Waals surface area (Å²) in [4.78, 5) is 25.5. The third-order valence-electron chi connectivity index (χ3n) is 7.13. The molecule has 0 fully saturated rings. The molecule has 5 aromatic rings. The van der Waals surface area contributed by atoms with Crippen LogP contribution < -0.4 is 5.32 Å². The van der Waals surface area contributed by atoms with Crippen molar-refractivity contribution in [1.82, 2.24) is 5.32 Å². The molecule has 0 aliphatic rings. The number of ether oxygens (including phenoxy) is 1. The van der Waals surface area contributed by atoms with Gasteiger partial charge in [-0.3, -0.25) is 4.79 Å². The number of carbonyl (C=O) groups excluding carboxylic acids is 1. The molecule has 2 N–H and O–H groups in total. The molecule has 1 aromatic heterocycles. The third kappa shape index (κ3) is 7.23. The first-order chi connectivity index (χ1) is 20.4. The fourth-order valence-electron chi connectivity index (χ4n) is 5.01. The van der Waals surface area contributed by atoms with Gasteiger partial charge >= 0.3 is 24.8 Å². The standard InChI is InChI=1S/C34H30FNO5S.Li.H/c1-40-32(31-17-16-30(41-31)22-10-13-24(35)14-11-22)23-12-15-27(33(37)36-29(34(38)39)18-19-42-2)28(20-23)26-9-5-7-21-6-3-4-8-25(21)26;;/h3-17,20,29,32H,18-19H2,1-2H3,(H,36,37)(H,38,39);;. The molecule has 0 radical (unpaired) electrons. The predicted molar refractivity (Wildman–Crippen MR) is 171 cm³/mol. The van der Waals surface area contributed by atoms with Crippen molar-refractivity contribution in [2.75, 3.05) is 19.1 Å². The summed E-state index contributed by atoms with van der Waals surface area (Å²) in [6, 6.07) is 27.8. The Bertz CT molecular complexity index is 1720.